The summed E-state index contributed by atoms with van der Waals surface area (Å²) in [6.07, 6.45) is 2.28. The molecule has 1 aliphatic rings. The van der Waals surface area contributed by atoms with Crippen LogP contribution in [0.2, 0.25) is 0 Å². The zero-order valence-electron chi connectivity index (χ0n) is 26.9. The van der Waals surface area contributed by atoms with Gasteiger partial charge < -0.3 is 18.9 Å². The molecule has 7 rings (SSSR count). The van der Waals surface area contributed by atoms with Crippen LogP contribution in [-0.2, 0) is 24.5 Å². The molecule has 0 fully saturated rings. The highest BCUT2D eigenvalue weighted by atomic mass is 16.6. The molecule has 0 saturated heterocycles. The molecule has 6 aromatic rings. The molecule has 0 amide bonds. The number of carbonyl (C=O) groups excluding carboxylic acids is 2. The second-order valence-corrected chi connectivity index (χ2v) is 11.7. The molecule has 1 unspecified atom stereocenters. The standard InChI is InChI=1S/C43H34O6/c1-3-40(44)48-25-23-46-33-20-18-32(19-21-33)43(37-16-10-9-15-35(37)36-27-30-12-5-6-13-31(30)28-38(36)43)42-34-14-8-7-11-29(34)17-22-39(42)47-24-26-49-41(45)4-2/h3-22,27-28H,1-2,23-26H2. The first-order valence-electron chi connectivity index (χ1n) is 16.1. The van der Waals surface area contributed by atoms with E-state index in [1.165, 1.54) is 0 Å². The number of carbonyl (C=O) groups is 2. The number of rotatable bonds is 12. The van der Waals surface area contributed by atoms with Gasteiger partial charge in [0.15, 0.2) is 0 Å². The highest BCUT2D eigenvalue weighted by molar-refractivity contribution is 5.99. The van der Waals surface area contributed by atoms with Crippen molar-refractivity contribution >= 4 is 33.5 Å². The highest BCUT2D eigenvalue weighted by Crippen LogP contribution is 2.60. The molecule has 1 atom stereocenters. The summed E-state index contributed by atoms with van der Waals surface area (Å²) in [4.78, 5) is 23.3. The van der Waals surface area contributed by atoms with Gasteiger partial charge in [-0.3, -0.25) is 0 Å². The maximum atomic E-state index is 11.8. The van der Waals surface area contributed by atoms with E-state index in [0.29, 0.717) is 11.5 Å². The van der Waals surface area contributed by atoms with Crippen LogP contribution in [0.3, 0.4) is 0 Å². The lowest BCUT2D eigenvalue weighted by atomic mass is 9.66. The molecule has 0 spiro atoms. The number of esters is 2. The Balaban J connectivity index is 1.45. The second-order valence-electron chi connectivity index (χ2n) is 11.7. The van der Waals surface area contributed by atoms with Crippen LogP contribution in [0, 0.1) is 0 Å². The molecule has 0 aliphatic heterocycles. The van der Waals surface area contributed by atoms with Crippen molar-refractivity contribution in [3.63, 3.8) is 0 Å². The SMILES string of the molecule is C=CC(=O)OCCOc1ccc(C2(c3c(OCCOC(=O)C=C)ccc4ccccc34)c3ccccc3-c3cc4ccccc4cc32)cc1. The zero-order valence-corrected chi connectivity index (χ0v) is 26.9. The molecule has 0 aromatic heterocycles. The van der Waals surface area contributed by atoms with Crippen LogP contribution < -0.4 is 9.47 Å². The average Bonchev–Trinajstić information content (AvgIpc) is 3.43. The van der Waals surface area contributed by atoms with E-state index in [1.807, 2.05) is 30.3 Å². The third kappa shape index (κ3) is 5.72. The first-order valence-corrected chi connectivity index (χ1v) is 16.1. The lowest BCUT2D eigenvalue weighted by Crippen LogP contribution is -2.30. The van der Waals surface area contributed by atoms with Crippen LogP contribution >= 0.6 is 0 Å². The van der Waals surface area contributed by atoms with Crippen LogP contribution in [0.4, 0.5) is 0 Å². The van der Waals surface area contributed by atoms with Crippen LogP contribution in [0.25, 0.3) is 32.7 Å². The molecule has 6 nitrogen and oxygen atoms in total. The molecule has 0 N–H and O–H groups in total. The second kappa shape index (κ2) is 13.5. The van der Waals surface area contributed by atoms with Crippen molar-refractivity contribution in [3.05, 3.63) is 169 Å². The highest BCUT2D eigenvalue weighted by Gasteiger charge is 2.48. The maximum Gasteiger partial charge on any atom is 0.330 e. The van der Waals surface area contributed by atoms with E-state index in [2.05, 4.69) is 104 Å². The van der Waals surface area contributed by atoms with Crippen molar-refractivity contribution in [2.24, 2.45) is 0 Å². The van der Waals surface area contributed by atoms with E-state index in [0.717, 1.165) is 67.1 Å². The summed E-state index contributed by atoms with van der Waals surface area (Å²) in [5, 5.41) is 4.41. The van der Waals surface area contributed by atoms with E-state index in [1.54, 1.807) is 0 Å². The molecule has 0 heterocycles. The third-order valence-electron chi connectivity index (χ3n) is 8.98. The summed E-state index contributed by atoms with van der Waals surface area (Å²) >= 11 is 0. The summed E-state index contributed by atoms with van der Waals surface area (Å²) in [7, 11) is 0. The topological polar surface area (TPSA) is 71.1 Å². The lowest BCUT2D eigenvalue weighted by Gasteiger charge is -2.36. The summed E-state index contributed by atoms with van der Waals surface area (Å²) in [5.74, 6) is 0.356. The molecule has 1 aliphatic carbocycles. The minimum atomic E-state index is -0.804. The van der Waals surface area contributed by atoms with Gasteiger partial charge in [0.05, 0.1) is 5.41 Å². The van der Waals surface area contributed by atoms with Crippen LogP contribution in [-0.4, -0.2) is 38.4 Å². The summed E-state index contributed by atoms with van der Waals surface area (Å²) in [6, 6.07) is 42.1. The minimum absolute atomic E-state index is 0.0794. The van der Waals surface area contributed by atoms with Crippen LogP contribution in [0.1, 0.15) is 22.3 Å². The van der Waals surface area contributed by atoms with Crippen molar-refractivity contribution in [1.82, 2.24) is 0 Å². The Morgan fingerprint density at radius 1 is 0.571 bits per heavy atom. The molecule has 0 radical (unpaired) electrons. The molecule has 6 aromatic carbocycles. The van der Waals surface area contributed by atoms with Gasteiger partial charge in [-0.1, -0.05) is 104 Å². The van der Waals surface area contributed by atoms with Gasteiger partial charge in [0.2, 0.25) is 0 Å². The van der Waals surface area contributed by atoms with Crippen molar-refractivity contribution < 1.29 is 28.5 Å². The molecular weight excluding hydrogens is 612 g/mol. The van der Waals surface area contributed by atoms with Gasteiger partial charge >= 0.3 is 11.9 Å². The van der Waals surface area contributed by atoms with E-state index in [4.69, 9.17) is 18.9 Å². The number of benzene rings is 6. The van der Waals surface area contributed by atoms with E-state index >= 15 is 0 Å². The fraction of sp³-hybridized carbons (Fsp3) is 0.116. The van der Waals surface area contributed by atoms with E-state index < -0.39 is 17.4 Å². The molecule has 0 saturated carbocycles. The van der Waals surface area contributed by atoms with Crippen LogP contribution in [0.5, 0.6) is 11.5 Å². The van der Waals surface area contributed by atoms with Gasteiger partial charge in [-0.25, -0.2) is 9.59 Å². The number of ether oxygens (including phenoxy) is 4. The fourth-order valence-corrected chi connectivity index (χ4v) is 6.96. The largest absolute Gasteiger partial charge is 0.490 e. The lowest BCUT2D eigenvalue weighted by molar-refractivity contribution is -0.139. The first-order chi connectivity index (χ1) is 24.0. The van der Waals surface area contributed by atoms with Crippen molar-refractivity contribution in [1.29, 1.82) is 0 Å². The van der Waals surface area contributed by atoms with Gasteiger partial charge in [-0.2, -0.15) is 0 Å². The number of hydrogen-bond acceptors (Lipinski definition) is 6. The Bertz CT molecular complexity index is 2220. The summed E-state index contributed by atoms with van der Waals surface area (Å²) in [6.45, 7) is 7.49. The van der Waals surface area contributed by atoms with Gasteiger partial charge in [0.25, 0.3) is 0 Å². The summed E-state index contributed by atoms with van der Waals surface area (Å²) in [5.41, 5.74) is 5.78. The molecule has 0 bridgehead atoms. The quantitative estimate of drug-likeness (QED) is 0.0753. The fourth-order valence-electron chi connectivity index (χ4n) is 6.96. The van der Waals surface area contributed by atoms with E-state index in [-0.39, 0.29) is 26.4 Å². The predicted octanol–water partition coefficient (Wildman–Crippen LogP) is 8.57. The Morgan fingerprint density at radius 3 is 1.90 bits per heavy atom. The Kier molecular flexibility index (Phi) is 8.69. The summed E-state index contributed by atoms with van der Waals surface area (Å²) < 4.78 is 22.9. The predicted molar refractivity (Wildman–Crippen MR) is 192 cm³/mol. The minimum Gasteiger partial charge on any atom is -0.490 e. The molecule has 6 heteroatoms. The van der Waals surface area contributed by atoms with Crippen molar-refractivity contribution in [2.75, 3.05) is 26.4 Å². The molecular formula is C43H34O6. The van der Waals surface area contributed by atoms with Crippen molar-refractivity contribution in [3.8, 4) is 22.6 Å². The Hall–Kier alpha value is -6.14. The smallest absolute Gasteiger partial charge is 0.330 e. The molecule has 242 valence electrons. The van der Waals surface area contributed by atoms with Gasteiger partial charge in [0, 0.05) is 17.7 Å². The van der Waals surface area contributed by atoms with Crippen LogP contribution in [0.15, 0.2) is 147 Å². The molecule has 49 heavy (non-hydrogen) atoms. The average molecular weight is 647 g/mol. The zero-order chi connectivity index (χ0) is 33.8. The Morgan fingerprint density at radius 2 is 1.18 bits per heavy atom. The maximum absolute atomic E-state index is 11.8. The third-order valence-corrected chi connectivity index (χ3v) is 8.98. The Labute approximate surface area is 284 Å². The van der Waals surface area contributed by atoms with Gasteiger partial charge in [0.1, 0.15) is 37.9 Å². The number of hydrogen-bond donors (Lipinski definition) is 0. The van der Waals surface area contributed by atoms with Gasteiger partial charge in [-0.15, -0.1) is 0 Å². The van der Waals surface area contributed by atoms with E-state index in [9.17, 15) is 9.59 Å². The van der Waals surface area contributed by atoms with Crippen molar-refractivity contribution in [2.45, 2.75) is 5.41 Å². The monoisotopic (exact) mass is 646 g/mol. The number of fused-ring (bicyclic) bond motifs is 5. The van der Waals surface area contributed by atoms with Gasteiger partial charge in [-0.05, 0) is 79.7 Å². The normalized spacial score (nSPS) is 14.4. The first kappa shape index (κ1) is 31.5.